The molecule has 1 amide bonds. The van der Waals surface area contributed by atoms with Crippen LogP contribution in [0.2, 0.25) is 0 Å². The predicted octanol–water partition coefficient (Wildman–Crippen LogP) is -0.0404. The molecule has 2 aliphatic heterocycles. The highest BCUT2D eigenvalue weighted by molar-refractivity contribution is 8.00. The van der Waals surface area contributed by atoms with Gasteiger partial charge in [-0.3, -0.25) is 9.59 Å². The van der Waals surface area contributed by atoms with E-state index in [2.05, 4.69) is 5.10 Å². The maximum atomic E-state index is 12.1. The standard InChI is InChI=1S/C11H13N3O2S/c15-10-2-1-3-12-14(10)6-11(16)13-5-9-4-8(13)7-17-9/h1-3,8-9H,4-7H2. The van der Waals surface area contributed by atoms with Crippen molar-refractivity contribution >= 4 is 17.7 Å². The Morgan fingerprint density at radius 3 is 3.12 bits per heavy atom. The second-order valence-corrected chi connectivity index (χ2v) is 5.74. The minimum atomic E-state index is -0.223. The summed E-state index contributed by atoms with van der Waals surface area (Å²) in [5, 5.41) is 4.50. The van der Waals surface area contributed by atoms with Crippen LogP contribution in [0.1, 0.15) is 6.42 Å². The molecule has 0 aromatic carbocycles. The van der Waals surface area contributed by atoms with E-state index in [4.69, 9.17) is 0 Å². The molecule has 0 aliphatic carbocycles. The number of carbonyl (C=O) groups excluding carboxylic acids is 1. The van der Waals surface area contributed by atoms with Crippen molar-refractivity contribution in [3.05, 3.63) is 28.7 Å². The molecule has 0 N–H and O–H groups in total. The van der Waals surface area contributed by atoms with Crippen LogP contribution < -0.4 is 5.56 Å². The molecule has 0 radical (unpaired) electrons. The van der Waals surface area contributed by atoms with Crippen LogP contribution in [0, 0.1) is 0 Å². The summed E-state index contributed by atoms with van der Waals surface area (Å²) in [4.78, 5) is 25.4. The lowest BCUT2D eigenvalue weighted by molar-refractivity contribution is -0.132. The largest absolute Gasteiger partial charge is 0.336 e. The highest BCUT2D eigenvalue weighted by Gasteiger charge is 2.40. The zero-order chi connectivity index (χ0) is 11.8. The molecule has 2 saturated heterocycles. The molecule has 0 spiro atoms. The van der Waals surface area contributed by atoms with Crippen LogP contribution in [0.4, 0.5) is 0 Å². The molecule has 3 rings (SSSR count). The fourth-order valence-electron chi connectivity index (χ4n) is 2.43. The van der Waals surface area contributed by atoms with Gasteiger partial charge in [-0.1, -0.05) is 0 Å². The fourth-order valence-corrected chi connectivity index (χ4v) is 3.86. The topological polar surface area (TPSA) is 55.2 Å². The van der Waals surface area contributed by atoms with Gasteiger partial charge in [-0.2, -0.15) is 16.9 Å². The second kappa shape index (κ2) is 4.18. The van der Waals surface area contributed by atoms with Crippen LogP contribution >= 0.6 is 11.8 Å². The second-order valence-electron chi connectivity index (χ2n) is 4.41. The third kappa shape index (κ3) is 1.97. The van der Waals surface area contributed by atoms with Crippen molar-refractivity contribution in [1.82, 2.24) is 14.7 Å². The highest BCUT2D eigenvalue weighted by atomic mass is 32.2. The number of carbonyl (C=O) groups is 1. The number of nitrogens with zero attached hydrogens (tertiary/aromatic N) is 3. The minimum Gasteiger partial charge on any atom is -0.336 e. The Morgan fingerprint density at radius 1 is 1.59 bits per heavy atom. The van der Waals surface area contributed by atoms with Gasteiger partial charge in [0.25, 0.3) is 5.56 Å². The third-order valence-electron chi connectivity index (χ3n) is 3.29. The third-order valence-corrected chi connectivity index (χ3v) is 4.68. The molecular formula is C11H13N3O2S. The van der Waals surface area contributed by atoms with Crippen LogP contribution in [0.15, 0.2) is 23.1 Å². The Morgan fingerprint density at radius 2 is 2.47 bits per heavy atom. The molecule has 6 heteroatoms. The first kappa shape index (κ1) is 10.8. The molecule has 0 saturated carbocycles. The minimum absolute atomic E-state index is 0.0126. The summed E-state index contributed by atoms with van der Waals surface area (Å²) in [5.41, 5.74) is -0.223. The zero-order valence-corrected chi connectivity index (χ0v) is 10.1. The van der Waals surface area contributed by atoms with Crippen LogP contribution in [0.25, 0.3) is 0 Å². The smallest absolute Gasteiger partial charge is 0.267 e. The van der Waals surface area contributed by atoms with Gasteiger partial charge in [-0.25, -0.2) is 4.68 Å². The van der Waals surface area contributed by atoms with Crippen molar-refractivity contribution in [3.63, 3.8) is 0 Å². The molecule has 1 aromatic heterocycles. The summed E-state index contributed by atoms with van der Waals surface area (Å²) in [6.45, 7) is 0.892. The highest BCUT2D eigenvalue weighted by Crippen LogP contribution is 2.37. The zero-order valence-electron chi connectivity index (χ0n) is 9.28. The van der Waals surface area contributed by atoms with Crippen LogP contribution in [0.3, 0.4) is 0 Å². The van der Waals surface area contributed by atoms with Crippen LogP contribution in [-0.2, 0) is 11.3 Å². The van der Waals surface area contributed by atoms with Gasteiger partial charge < -0.3 is 4.90 Å². The predicted molar refractivity (Wildman–Crippen MR) is 64.9 cm³/mol. The van der Waals surface area contributed by atoms with Crippen molar-refractivity contribution in [2.24, 2.45) is 0 Å². The summed E-state index contributed by atoms with van der Waals surface area (Å²) in [6.07, 6.45) is 2.63. The summed E-state index contributed by atoms with van der Waals surface area (Å²) >= 11 is 1.94. The van der Waals surface area contributed by atoms with Crippen molar-refractivity contribution < 1.29 is 4.79 Å². The van der Waals surface area contributed by atoms with Gasteiger partial charge in [0.05, 0.1) is 0 Å². The Hall–Kier alpha value is -1.30. The molecule has 90 valence electrons. The Labute approximate surface area is 103 Å². The number of rotatable bonds is 2. The molecule has 3 heterocycles. The molecular weight excluding hydrogens is 238 g/mol. The van der Waals surface area contributed by atoms with E-state index < -0.39 is 0 Å². The number of fused-ring (bicyclic) bond motifs is 2. The van der Waals surface area contributed by atoms with E-state index in [0.29, 0.717) is 11.3 Å². The summed E-state index contributed by atoms with van der Waals surface area (Å²) in [5.74, 6) is 1.05. The quantitative estimate of drug-likeness (QED) is 0.740. The van der Waals surface area contributed by atoms with E-state index in [1.54, 1.807) is 6.07 Å². The molecule has 2 unspecified atom stereocenters. The SMILES string of the molecule is O=C(Cn1ncccc1=O)N1CC2CC1CS2. The molecule has 17 heavy (non-hydrogen) atoms. The van der Waals surface area contributed by atoms with E-state index >= 15 is 0 Å². The molecule has 2 atom stereocenters. The number of likely N-dealkylation sites (tertiary alicyclic amines) is 1. The average molecular weight is 251 g/mol. The lowest BCUT2D eigenvalue weighted by atomic mass is 10.2. The van der Waals surface area contributed by atoms with E-state index in [-0.39, 0.29) is 18.0 Å². The number of hydrogen-bond acceptors (Lipinski definition) is 4. The maximum absolute atomic E-state index is 12.1. The van der Waals surface area contributed by atoms with Gasteiger partial charge in [0, 0.05) is 35.9 Å². The molecule has 2 bridgehead atoms. The first-order chi connectivity index (χ1) is 8.24. The van der Waals surface area contributed by atoms with E-state index in [9.17, 15) is 9.59 Å². The Kier molecular flexibility index (Phi) is 2.66. The Bertz CT molecular complexity index is 501. The van der Waals surface area contributed by atoms with E-state index in [1.807, 2.05) is 16.7 Å². The van der Waals surface area contributed by atoms with Crippen molar-refractivity contribution in [2.45, 2.75) is 24.3 Å². The van der Waals surface area contributed by atoms with Crippen molar-refractivity contribution in [3.8, 4) is 0 Å². The number of hydrogen-bond donors (Lipinski definition) is 0. The van der Waals surface area contributed by atoms with Crippen molar-refractivity contribution in [1.29, 1.82) is 0 Å². The average Bonchev–Trinajstić information content (AvgIpc) is 2.94. The summed E-state index contributed by atoms with van der Waals surface area (Å²) in [7, 11) is 0. The van der Waals surface area contributed by atoms with Gasteiger partial charge in [0.15, 0.2) is 0 Å². The number of thioether (sulfide) groups is 1. The van der Waals surface area contributed by atoms with Crippen LogP contribution in [0.5, 0.6) is 0 Å². The normalized spacial score (nSPS) is 26.5. The molecule has 5 nitrogen and oxygen atoms in total. The van der Waals surface area contributed by atoms with Gasteiger partial charge in [-0.05, 0) is 12.5 Å². The van der Waals surface area contributed by atoms with Crippen molar-refractivity contribution in [2.75, 3.05) is 12.3 Å². The fraction of sp³-hybridized carbons (Fsp3) is 0.545. The van der Waals surface area contributed by atoms with Gasteiger partial charge in [0.2, 0.25) is 5.91 Å². The first-order valence-electron chi connectivity index (χ1n) is 5.67. The van der Waals surface area contributed by atoms with Gasteiger partial charge in [0.1, 0.15) is 6.54 Å². The summed E-state index contributed by atoms with van der Waals surface area (Å²) in [6, 6.07) is 3.38. The number of amides is 1. The first-order valence-corrected chi connectivity index (χ1v) is 6.72. The van der Waals surface area contributed by atoms with E-state index in [1.165, 1.54) is 16.9 Å². The monoisotopic (exact) mass is 251 g/mol. The molecule has 2 aliphatic rings. The summed E-state index contributed by atoms with van der Waals surface area (Å²) < 4.78 is 1.22. The lowest BCUT2D eigenvalue weighted by Gasteiger charge is -2.26. The molecule has 1 aromatic rings. The van der Waals surface area contributed by atoms with Gasteiger partial charge in [-0.15, -0.1) is 0 Å². The number of aromatic nitrogens is 2. The van der Waals surface area contributed by atoms with E-state index in [0.717, 1.165) is 18.7 Å². The van der Waals surface area contributed by atoms with Gasteiger partial charge >= 0.3 is 0 Å². The van der Waals surface area contributed by atoms with Crippen LogP contribution in [-0.4, -0.2) is 44.2 Å². The maximum Gasteiger partial charge on any atom is 0.267 e. The lowest BCUT2D eigenvalue weighted by Crippen LogP contribution is -2.42. The Balaban J connectivity index is 1.72. The molecule has 2 fully saturated rings.